The molecule has 0 radical (unpaired) electrons. The second kappa shape index (κ2) is 3.66. The van der Waals surface area contributed by atoms with Gasteiger partial charge in [-0.3, -0.25) is 0 Å². The number of hydrogen-bond donors (Lipinski definition) is 1. The van der Waals surface area contributed by atoms with Crippen LogP contribution in [0.5, 0.6) is 0 Å². The predicted octanol–water partition coefficient (Wildman–Crippen LogP) is 3.30. The monoisotopic (exact) mass is 198 g/mol. The molecule has 13 heavy (non-hydrogen) atoms. The van der Waals surface area contributed by atoms with Crippen molar-refractivity contribution in [3.8, 4) is 0 Å². The number of hydrogen-bond acceptors (Lipinski definition) is 3. The van der Waals surface area contributed by atoms with Gasteiger partial charge in [-0.2, -0.15) is 0 Å². The van der Waals surface area contributed by atoms with Gasteiger partial charge in [0.25, 0.3) is 0 Å². The second-order valence-corrected chi connectivity index (χ2v) is 5.74. The Balaban J connectivity index is 2.60. The summed E-state index contributed by atoms with van der Waals surface area (Å²) in [7, 11) is 0. The minimum absolute atomic E-state index is 0.277. The molecule has 2 nitrogen and oxygen atoms in total. The minimum atomic E-state index is 0.277. The Morgan fingerprint density at radius 2 is 2.08 bits per heavy atom. The van der Waals surface area contributed by atoms with Crippen LogP contribution in [0.25, 0.3) is 0 Å². The molecule has 0 saturated heterocycles. The topological polar surface area (TPSA) is 24.9 Å². The Morgan fingerprint density at radius 1 is 1.46 bits per heavy atom. The molecule has 0 aliphatic carbocycles. The van der Waals surface area contributed by atoms with Crippen LogP contribution in [0.1, 0.15) is 32.6 Å². The maximum atomic E-state index is 4.28. The Hall–Kier alpha value is -0.570. The maximum absolute atomic E-state index is 4.28. The van der Waals surface area contributed by atoms with E-state index in [2.05, 4.69) is 44.9 Å². The van der Waals surface area contributed by atoms with Gasteiger partial charge in [-0.25, -0.2) is 4.98 Å². The van der Waals surface area contributed by atoms with E-state index in [4.69, 9.17) is 0 Å². The number of anilines is 1. The van der Waals surface area contributed by atoms with Crippen molar-refractivity contribution in [1.29, 1.82) is 0 Å². The van der Waals surface area contributed by atoms with Crippen LogP contribution in [0.15, 0.2) is 6.20 Å². The molecule has 3 heteroatoms. The first-order chi connectivity index (χ1) is 5.89. The Labute approximate surface area is 84.4 Å². The first-order valence-corrected chi connectivity index (χ1v) is 5.40. The summed E-state index contributed by atoms with van der Waals surface area (Å²) in [5, 5.41) is 4.44. The van der Waals surface area contributed by atoms with Gasteiger partial charge < -0.3 is 5.32 Å². The first kappa shape index (κ1) is 10.5. The Kier molecular flexibility index (Phi) is 2.96. The van der Waals surface area contributed by atoms with Gasteiger partial charge >= 0.3 is 0 Å². The van der Waals surface area contributed by atoms with Crippen LogP contribution in [-0.2, 0) is 0 Å². The molecule has 0 aromatic carbocycles. The maximum Gasteiger partial charge on any atom is 0.183 e. The van der Waals surface area contributed by atoms with Gasteiger partial charge in [0.05, 0.1) is 0 Å². The molecule has 0 saturated carbocycles. The van der Waals surface area contributed by atoms with Crippen molar-refractivity contribution in [2.24, 2.45) is 5.41 Å². The molecular formula is C10H18N2S. The summed E-state index contributed by atoms with van der Waals surface area (Å²) in [6.07, 6.45) is 1.91. The van der Waals surface area contributed by atoms with E-state index in [1.807, 2.05) is 6.20 Å². The summed E-state index contributed by atoms with van der Waals surface area (Å²) in [5.41, 5.74) is 0.277. The average Bonchev–Trinajstić information content (AvgIpc) is 2.33. The molecule has 1 rings (SSSR count). The van der Waals surface area contributed by atoms with Gasteiger partial charge in [0.2, 0.25) is 0 Å². The smallest absolute Gasteiger partial charge is 0.183 e. The van der Waals surface area contributed by atoms with Gasteiger partial charge in [0, 0.05) is 17.1 Å². The fraction of sp³-hybridized carbons (Fsp3) is 0.700. The summed E-state index contributed by atoms with van der Waals surface area (Å²) in [4.78, 5) is 5.53. The van der Waals surface area contributed by atoms with Crippen molar-refractivity contribution < 1.29 is 0 Å². The third-order valence-electron chi connectivity index (χ3n) is 2.26. The molecule has 1 unspecified atom stereocenters. The zero-order chi connectivity index (χ0) is 10.1. The van der Waals surface area contributed by atoms with Gasteiger partial charge in [-0.05, 0) is 19.3 Å². The molecule has 0 fully saturated rings. The van der Waals surface area contributed by atoms with Crippen LogP contribution in [0.2, 0.25) is 0 Å². The van der Waals surface area contributed by atoms with Crippen molar-refractivity contribution in [3.05, 3.63) is 11.1 Å². The number of thiazole rings is 1. The molecule has 1 aromatic heterocycles. The van der Waals surface area contributed by atoms with Crippen molar-refractivity contribution in [2.45, 2.75) is 40.7 Å². The number of rotatable bonds is 2. The summed E-state index contributed by atoms with van der Waals surface area (Å²) in [6, 6.07) is 0.443. The van der Waals surface area contributed by atoms with E-state index in [0.29, 0.717) is 6.04 Å². The van der Waals surface area contributed by atoms with E-state index in [1.54, 1.807) is 11.3 Å². The Bertz CT molecular complexity index is 273. The third kappa shape index (κ3) is 2.99. The highest BCUT2D eigenvalue weighted by Crippen LogP contribution is 2.24. The van der Waals surface area contributed by atoms with E-state index in [0.717, 1.165) is 5.13 Å². The van der Waals surface area contributed by atoms with Crippen LogP contribution in [0.3, 0.4) is 0 Å². The zero-order valence-electron chi connectivity index (χ0n) is 9.01. The molecule has 0 aliphatic rings. The fourth-order valence-corrected chi connectivity index (χ4v) is 1.57. The molecule has 0 aliphatic heterocycles. The molecule has 0 amide bonds. The van der Waals surface area contributed by atoms with E-state index < -0.39 is 0 Å². The fourth-order valence-electron chi connectivity index (χ4n) is 0.823. The molecule has 1 aromatic rings. The van der Waals surface area contributed by atoms with Gasteiger partial charge in [0.1, 0.15) is 0 Å². The van der Waals surface area contributed by atoms with Crippen LogP contribution in [0.4, 0.5) is 5.13 Å². The molecule has 0 spiro atoms. The highest BCUT2D eigenvalue weighted by Gasteiger charge is 2.20. The van der Waals surface area contributed by atoms with Gasteiger partial charge in [-0.1, -0.05) is 20.8 Å². The average molecular weight is 198 g/mol. The van der Waals surface area contributed by atoms with Crippen molar-refractivity contribution in [3.63, 3.8) is 0 Å². The molecule has 1 atom stereocenters. The normalized spacial score (nSPS) is 14.2. The quantitative estimate of drug-likeness (QED) is 0.788. The van der Waals surface area contributed by atoms with Crippen LogP contribution >= 0.6 is 11.3 Å². The second-order valence-electron chi connectivity index (χ2n) is 4.51. The van der Waals surface area contributed by atoms with Crippen LogP contribution in [-0.4, -0.2) is 11.0 Å². The van der Waals surface area contributed by atoms with Gasteiger partial charge in [-0.15, -0.1) is 11.3 Å². The summed E-state index contributed by atoms with van der Waals surface area (Å²) < 4.78 is 0. The SMILES string of the molecule is Cc1cnc(NC(C)C(C)(C)C)s1. The lowest BCUT2D eigenvalue weighted by Gasteiger charge is -2.27. The number of nitrogens with one attached hydrogen (secondary N) is 1. The molecule has 0 bridgehead atoms. The lowest BCUT2D eigenvalue weighted by molar-refractivity contribution is 0.359. The molecular weight excluding hydrogens is 180 g/mol. The standard InChI is InChI=1S/C10H18N2S/c1-7-6-11-9(13-7)12-8(2)10(3,4)5/h6,8H,1-5H3,(H,11,12). The van der Waals surface area contributed by atoms with E-state index in [1.165, 1.54) is 4.88 Å². The minimum Gasteiger partial charge on any atom is -0.359 e. The van der Waals surface area contributed by atoms with E-state index >= 15 is 0 Å². The molecule has 1 heterocycles. The van der Waals surface area contributed by atoms with E-state index in [9.17, 15) is 0 Å². The van der Waals surface area contributed by atoms with Crippen LogP contribution < -0.4 is 5.32 Å². The lowest BCUT2D eigenvalue weighted by Crippen LogP contribution is -2.30. The van der Waals surface area contributed by atoms with Crippen molar-refractivity contribution in [1.82, 2.24) is 4.98 Å². The number of aryl methyl sites for hydroxylation is 1. The summed E-state index contributed by atoms with van der Waals surface area (Å²) >= 11 is 1.71. The van der Waals surface area contributed by atoms with Crippen molar-refractivity contribution in [2.75, 3.05) is 5.32 Å². The predicted molar refractivity (Wildman–Crippen MR) is 59.4 cm³/mol. The van der Waals surface area contributed by atoms with E-state index in [-0.39, 0.29) is 5.41 Å². The largest absolute Gasteiger partial charge is 0.359 e. The Morgan fingerprint density at radius 3 is 2.46 bits per heavy atom. The summed E-state index contributed by atoms with van der Waals surface area (Å²) in [6.45, 7) is 10.9. The zero-order valence-corrected chi connectivity index (χ0v) is 9.83. The highest BCUT2D eigenvalue weighted by molar-refractivity contribution is 7.15. The summed E-state index contributed by atoms with van der Waals surface area (Å²) in [5.74, 6) is 0. The lowest BCUT2D eigenvalue weighted by atomic mass is 9.88. The number of aromatic nitrogens is 1. The van der Waals surface area contributed by atoms with Crippen molar-refractivity contribution >= 4 is 16.5 Å². The first-order valence-electron chi connectivity index (χ1n) is 4.58. The van der Waals surface area contributed by atoms with Gasteiger partial charge in [0.15, 0.2) is 5.13 Å². The third-order valence-corrected chi connectivity index (χ3v) is 3.10. The highest BCUT2D eigenvalue weighted by atomic mass is 32.1. The molecule has 1 N–H and O–H groups in total. The van der Waals surface area contributed by atoms with Crippen LogP contribution in [0, 0.1) is 12.3 Å². The molecule has 74 valence electrons. The number of nitrogens with zero attached hydrogens (tertiary/aromatic N) is 1.